The van der Waals surface area contributed by atoms with Crippen LogP contribution in [0.25, 0.3) is 0 Å². The molecule has 0 saturated heterocycles. The van der Waals surface area contributed by atoms with E-state index in [4.69, 9.17) is 10.5 Å². The SMILES string of the molecule is COc1cc(C)nc(N(CCN)C2CCC2)n1. The Morgan fingerprint density at radius 1 is 1.47 bits per heavy atom. The van der Waals surface area contributed by atoms with Crippen LogP contribution in [0.3, 0.4) is 0 Å². The van der Waals surface area contributed by atoms with Gasteiger partial charge in [0.05, 0.1) is 7.11 Å². The first-order valence-corrected chi connectivity index (χ1v) is 6.11. The maximum Gasteiger partial charge on any atom is 0.229 e. The zero-order chi connectivity index (χ0) is 12.3. The summed E-state index contributed by atoms with van der Waals surface area (Å²) in [5.41, 5.74) is 6.59. The van der Waals surface area contributed by atoms with E-state index >= 15 is 0 Å². The minimum Gasteiger partial charge on any atom is -0.481 e. The predicted octanol–water partition coefficient (Wildman–Crippen LogP) is 1.11. The number of aromatic nitrogens is 2. The molecule has 17 heavy (non-hydrogen) atoms. The Balaban J connectivity index is 2.24. The third kappa shape index (κ3) is 2.66. The Morgan fingerprint density at radius 2 is 2.24 bits per heavy atom. The van der Waals surface area contributed by atoms with Crippen LogP contribution in [0, 0.1) is 6.92 Å². The quantitative estimate of drug-likeness (QED) is 0.829. The van der Waals surface area contributed by atoms with Crippen molar-refractivity contribution < 1.29 is 4.74 Å². The van der Waals surface area contributed by atoms with Crippen LogP contribution in [0.4, 0.5) is 5.95 Å². The molecule has 0 spiro atoms. The van der Waals surface area contributed by atoms with Gasteiger partial charge in [-0.1, -0.05) is 0 Å². The Morgan fingerprint density at radius 3 is 2.76 bits per heavy atom. The van der Waals surface area contributed by atoms with Gasteiger partial charge in [-0.3, -0.25) is 0 Å². The standard InChI is InChI=1S/C12H20N4O/c1-9-8-11(17-2)15-12(14-9)16(7-6-13)10-4-3-5-10/h8,10H,3-7,13H2,1-2H3. The van der Waals surface area contributed by atoms with Gasteiger partial charge in [-0.2, -0.15) is 4.98 Å². The van der Waals surface area contributed by atoms with Crippen LogP contribution >= 0.6 is 0 Å². The molecule has 1 heterocycles. The van der Waals surface area contributed by atoms with Crippen LogP contribution in [-0.2, 0) is 0 Å². The number of anilines is 1. The molecule has 1 fully saturated rings. The lowest BCUT2D eigenvalue weighted by Gasteiger charge is -2.37. The number of ether oxygens (including phenoxy) is 1. The first kappa shape index (κ1) is 12.1. The minimum absolute atomic E-state index is 0.546. The number of nitrogens with zero attached hydrogens (tertiary/aromatic N) is 3. The Labute approximate surface area is 102 Å². The molecule has 2 rings (SSSR count). The molecule has 0 radical (unpaired) electrons. The molecule has 1 aromatic rings. The highest BCUT2D eigenvalue weighted by Crippen LogP contribution is 2.28. The largest absolute Gasteiger partial charge is 0.481 e. The maximum atomic E-state index is 5.66. The van der Waals surface area contributed by atoms with Crippen molar-refractivity contribution in [2.24, 2.45) is 5.73 Å². The van der Waals surface area contributed by atoms with Crippen molar-refractivity contribution in [3.63, 3.8) is 0 Å². The number of rotatable bonds is 5. The first-order valence-electron chi connectivity index (χ1n) is 6.11. The topological polar surface area (TPSA) is 64.3 Å². The lowest BCUT2D eigenvalue weighted by atomic mass is 9.91. The van der Waals surface area contributed by atoms with Crippen molar-refractivity contribution >= 4 is 5.95 Å². The van der Waals surface area contributed by atoms with Gasteiger partial charge in [0.25, 0.3) is 0 Å². The number of hydrogen-bond donors (Lipinski definition) is 1. The highest BCUT2D eigenvalue weighted by Gasteiger charge is 2.26. The van der Waals surface area contributed by atoms with Gasteiger partial charge in [0.1, 0.15) is 0 Å². The number of hydrogen-bond acceptors (Lipinski definition) is 5. The van der Waals surface area contributed by atoms with E-state index in [0.717, 1.165) is 18.2 Å². The van der Waals surface area contributed by atoms with Crippen molar-refractivity contribution in [1.82, 2.24) is 9.97 Å². The van der Waals surface area contributed by atoms with Gasteiger partial charge in [0, 0.05) is 30.9 Å². The van der Waals surface area contributed by atoms with Crippen molar-refractivity contribution in [3.05, 3.63) is 11.8 Å². The molecule has 1 saturated carbocycles. The summed E-state index contributed by atoms with van der Waals surface area (Å²) < 4.78 is 5.19. The first-order chi connectivity index (χ1) is 8.24. The Hall–Kier alpha value is -1.36. The van der Waals surface area contributed by atoms with Crippen molar-refractivity contribution in [1.29, 1.82) is 0 Å². The monoisotopic (exact) mass is 236 g/mol. The van der Waals surface area contributed by atoms with Gasteiger partial charge in [-0.25, -0.2) is 4.98 Å². The summed E-state index contributed by atoms with van der Waals surface area (Å²) in [5, 5.41) is 0. The fourth-order valence-electron chi connectivity index (χ4n) is 2.04. The summed E-state index contributed by atoms with van der Waals surface area (Å²) >= 11 is 0. The third-order valence-electron chi connectivity index (χ3n) is 3.17. The molecular formula is C12H20N4O. The molecule has 0 amide bonds. The molecule has 0 unspecified atom stereocenters. The van der Waals surface area contributed by atoms with E-state index in [2.05, 4.69) is 14.9 Å². The van der Waals surface area contributed by atoms with Gasteiger partial charge in [0.15, 0.2) is 0 Å². The average molecular weight is 236 g/mol. The zero-order valence-corrected chi connectivity index (χ0v) is 10.5. The van der Waals surface area contributed by atoms with E-state index in [0.29, 0.717) is 18.5 Å². The molecule has 0 aliphatic heterocycles. The summed E-state index contributed by atoms with van der Waals surface area (Å²) in [6.45, 7) is 3.38. The molecule has 5 heteroatoms. The van der Waals surface area contributed by atoms with Gasteiger partial charge in [-0.15, -0.1) is 0 Å². The maximum absolute atomic E-state index is 5.66. The highest BCUT2D eigenvalue weighted by molar-refractivity contribution is 5.36. The molecule has 0 bridgehead atoms. The molecule has 1 aliphatic rings. The summed E-state index contributed by atoms with van der Waals surface area (Å²) in [6.07, 6.45) is 3.70. The van der Waals surface area contributed by atoms with Crippen LogP contribution in [0.1, 0.15) is 25.0 Å². The molecule has 94 valence electrons. The van der Waals surface area contributed by atoms with Crippen LogP contribution in [0.15, 0.2) is 6.07 Å². The second-order valence-corrected chi connectivity index (χ2v) is 4.42. The molecule has 2 N–H and O–H groups in total. The van der Waals surface area contributed by atoms with E-state index in [1.807, 2.05) is 13.0 Å². The lowest BCUT2D eigenvalue weighted by Crippen LogP contribution is -2.44. The molecule has 1 aromatic heterocycles. The highest BCUT2D eigenvalue weighted by atomic mass is 16.5. The smallest absolute Gasteiger partial charge is 0.229 e. The lowest BCUT2D eigenvalue weighted by molar-refractivity contribution is 0.374. The predicted molar refractivity (Wildman–Crippen MR) is 67.4 cm³/mol. The van der Waals surface area contributed by atoms with Gasteiger partial charge >= 0.3 is 0 Å². The van der Waals surface area contributed by atoms with E-state index in [9.17, 15) is 0 Å². The normalized spacial score (nSPS) is 15.5. The Bertz CT molecular complexity index is 379. The Kier molecular flexibility index (Phi) is 3.78. The zero-order valence-electron chi connectivity index (χ0n) is 10.5. The molecule has 1 aliphatic carbocycles. The van der Waals surface area contributed by atoms with Crippen molar-refractivity contribution in [3.8, 4) is 5.88 Å². The molecule has 0 aromatic carbocycles. The number of nitrogens with two attached hydrogens (primary N) is 1. The van der Waals surface area contributed by atoms with Gasteiger partial charge in [-0.05, 0) is 26.2 Å². The van der Waals surface area contributed by atoms with E-state index in [-0.39, 0.29) is 0 Å². The van der Waals surface area contributed by atoms with Crippen LogP contribution < -0.4 is 15.4 Å². The average Bonchev–Trinajstić information content (AvgIpc) is 2.25. The van der Waals surface area contributed by atoms with Crippen LogP contribution in [-0.4, -0.2) is 36.2 Å². The van der Waals surface area contributed by atoms with E-state index in [1.54, 1.807) is 7.11 Å². The molecular weight excluding hydrogens is 216 g/mol. The molecule has 5 nitrogen and oxygen atoms in total. The number of aryl methyl sites for hydroxylation is 1. The fourth-order valence-corrected chi connectivity index (χ4v) is 2.04. The summed E-state index contributed by atoms with van der Waals surface area (Å²) in [4.78, 5) is 11.1. The second kappa shape index (κ2) is 5.31. The van der Waals surface area contributed by atoms with Crippen LogP contribution in [0.5, 0.6) is 5.88 Å². The van der Waals surface area contributed by atoms with E-state index < -0.39 is 0 Å². The number of methoxy groups -OCH3 is 1. The summed E-state index contributed by atoms with van der Waals surface area (Å²) in [6, 6.07) is 2.38. The van der Waals surface area contributed by atoms with Crippen molar-refractivity contribution in [2.45, 2.75) is 32.2 Å². The van der Waals surface area contributed by atoms with E-state index in [1.165, 1.54) is 19.3 Å². The van der Waals surface area contributed by atoms with Crippen LogP contribution in [0.2, 0.25) is 0 Å². The van der Waals surface area contributed by atoms with Crippen molar-refractivity contribution in [2.75, 3.05) is 25.1 Å². The summed E-state index contributed by atoms with van der Waals surface area (Å²) in [7, 11) is 1.63. The van der Waals surface area contributed by atoms with Gasteiger partial charge < -0.3 is 15.4 Å². The minimum atomic E-state index is 0.546. The van der Waals surface area contributed by atoms with Gasteiger partial charge in [0.2, 0.25) is 11.8 Å². The molecule has 0 atom stereocenters. The second-order valence-electron chi connectivity index (χ2n) is 4.42. The third-order valence-corrected chi connectivity index (χ3v) is 3.17. The summed E-state index contributed by atoms with van der Waals surface area (Å²) in [5.74, 6) is 1.37. The fraction of sp³-hybridized carbons (Fsp3) is 0.667.